The highest BCUT2D eigenvalue weighted by atomic mass is 16.5. The molecule has 29 heavy (non-hydrogen) atoms. The van der Waals surface area contributed by atoms with Crippen molar-refractivity contribution in [3.63, 3.8) is 0 Å². The fourth-order valence-corrected chi connectivity index (χ4v) is 3.87. The van der Waals surface area contributed by atoms with Gasteiger partial charge in [0.25, 0.3) is 0 Å². The quantitative estimate of drug-likeness (QED) is 0.652. The van der Waals surface area contributed by atoms with E-state index in [2.05, 4.69) is 58.0 Å². The Morgan fingerprint density at radius 3 is 2.55 bits per heavy atom. The van der Waals surface area contributed by atoms with Crippen molar-refractivity contribution in [1.29, 1.82) is 0 Å². The number of fused-ring (bicyclic) bond motifs is 1. The molecule has 0 N–H and O–H groups in total. The van der Waals surface area contributed by atoms with E-state index in [0.717, 1.165) is 23.8 Å². The van der Waals surface area contributed by atoms with Gasteiger partial charge in [-0.15, -0.1) is 0 Å². The van der Waals surface area contributed by atoms with E-state index in [-0.39, 0.29) is 23.2 Å². The highest BCUT2D eigenvalue weighted by Gasteiger charge is 2.37. The van der Waals surface area contributed by atoms with Crippen LogP contribution in [0.1, 0.15) is 64.0 Å². The smallest absolute Gasteiger partial charge is 0.328 e. The molecule has 1 saturated heterocycles. The van der Waals surface area contributed by atoms with Crippen LogP contribution in [0.25, 0.3) is 10.8 Å². The first-order chi connectivity index (χ1) is 13.7. The molecule has 1 aliphatic heterocycles. The maximum Gasteiger partial charge on any atom is 0.328 e. The molecule has 2 atom stereocenters. The molecule has 3 rings (SSSR count). The molecule has 0 unspecified atom stereocenters. The second kappa shape index (κ2) is 8.56. The normalized spacial score (nSPS) is 18.1. The van der Waals surface area contributed by atoms with Crippen molar-refractivity contribution in [1.82, 2.24) is 4.90 Å². The van der Waals surface area contributed by atoms with Crippen LogP contribution >= 0.6 is 0 Å². The van der Waals surface area contributed by atoms with Gasteiger partial charge in [-0.05, 0) is 54.9 Å². The summed E-state index contributed by atoms with van der Waals surface area (Å²) in [5.74, 6) is -0.545. The number of nitrogens with zero attached hydrogens (tertiary/aromatic N) is 1. The van der Waals surface area contributed by atoms with Gasteiger partial charge in [0.05, 0.1) is 12.5 Å². The average molecular weight is 396 g/mol. The van der Waals surface area contributed by atoms with Gasteiger partial charge >= 0.3 is 5.97 Å². The van der Waals surface area contributed by atoms with E-state index in [9.17, 15) is 9.59 Å². The first kappa shape index (κ1) is 21.4. The molecule has 0 saturated carbocycles. The maximum atomic E-state index is 13.2. The lowest BCUT2D eigenvalue weighted by molar-refractivity contribution is -0.154. The van der Waals surface area contributed by atoms with Crippen LogP contribution in [0.15, 0.2) is 36.4 Å². The molecule has 4 heteroatoms. The summed E-state index contributed by atoms with van der Waals surface area (Å²) in [4.78, 5) is 27.5. The molecule has 156 valence electrons. The number of hydrogen-bond donors (Lipinski definition) is 0. The van der Waals surface area contributed by atoms with Crippen molar-refractivity contribution in [2.75, 3.05) is 13.2 Å². The summed E-state index contributed by atoms with van der Waals surface area (Å²) >= 11 is 0. The lowest BCUT2D eigenvalue weighted by Gasteiger charge is -2.27. The van der Waals surface area contributed by atoms with Crippen LogP contribution in [-0.4, -0.2) is 36.0 Å². The summed E-state index contributed by atoms with van der Waals surface area (Å²) in [6.07, 6.45) is 2.34. The fraction of sp³-hybridized carbons (Fsp3) is 0.520. The molecule has 1 heterocycles. The van der Waals surface area contributed by atoms with Crippen LogP contribution in [-0.2, 0) is 14.3 Å². The van der Waals surface area contributed by atoms with Crippen molar-refractivity contribution in [3.8, 4) is 0 Å². The minimum absolute atomic E-state index is 0.00623. The van der Waals surface area contributed by atoms with Crippen LogP contribution in [0.5, 0.6) is 0 Å². The standard InChI is InChI=1S/C25H33NO3/c1-17-8-9-21-16-19(10-11-20(21)15-17)18(2)23(27)26-13-6-7-22(26)24(28)29-14-12-25(3,4)5/h8-11,15-16,18,22H,6-7,12-14H2,1-5H3/t18-,22-/m0/s1. The first-order valence-corrected chi connectivity index (χ1v) is 10.6. The summed E-state index contributed by atoms with van der Waals surface area (Å²) in [6.45, 7) is 11.4. The van der Waals surface area contributed by atoms with Gasteiger partial charge in [0.15, 0.2) is 0 Å². The summed E-state index contributed by atoms with van der Waals surface area (Å²) in [5.41, 5.74) is 2.33. The van der Waals surface area contributed by atoms with E-state index in [0.29, 0.717) is 19.6 Å². The van der Waals surface area contributed by atoms with Crippen molar-refractivity contribution < 1.29 is 14.3 Å². The van der Waals surface area contributed by atoms with Gasteiger partial charge in [0.1, 0.15) is 6.04 Å². The van der Waals surface area contributed by atoms with Crippen molar-refractivity contribution in [2.24, 2.45) is 5.41 Å². The Morgan fingerprint density at radius 1 is 1.14 bits per heavy atom. The van der Waals surface area contributed by atoms with Crippen LogP contribution < -0.4 is 0 Å². The number of amides is 1. The second-order valence-corrected chi connectivity index (χ2v) is 9.50. The molecule has 1 fully saturated rings. The van der Waals surface area contributed by atoms with Crippen LogP contribution in [0.4, 0.5) is 0 Å². The minimum atomic E-state index is -0.451. The van der Waals surface area contributed by atoms with E-state index in [1.54, 1.807) is 4.90 Å². The molecule has 2 aromatic carbocycles. The molecule has 0 radical (unpaired) electrons. The molecule has 1 aliphatic rings. The number of rotatable bonds is 5. The number of likely N-dealkylation sites (tertiary alicyclic amines) is 1. The monoisotopic (exact) mass is 395 g/mol. The van der Waals surface area contributed by atoms with Crippen LogP contribution in [0.3, 0.4) is 0 Å². The predicted octanol–water partition coefficient (Wildman–Crippen LogP) is 5.22. The topological polar surface area (TPSA) is 46.6 Å². The van der Waals surface area contributed by atoms with E-state index in [1.165, 1.54) is 10.9 Å². The Labute approximate surface area is 174 Å². The Kier molecular flexibility index (Phi) is 6.30. The zero-order valence-corrected chi connectivity index (χ0v) is 18.3. The van der Waals surface area contributed by atoms with Gasteiger partial charge in [-0.3, -0.25) is 4.79 Å². The Balaban J connectivity index is 1.69. The average Bonchev–Trinajstić information content (AvgIpc) is 3.15. The Hall–Kier alpha value is -2.36. The second-order valence-electron chi connectivity index (χ2n) is 9.50. The van der Waals surface area contributed by atoms with E-state index in [1.807, 2.05) is 13.0 Å². The summed E-state index contributed by atoms with van der Waals surface area (Å²) in [6, 6.07) is 12.1. The Bertz CT molecular complexity index is 897. The lowest BCUT2D eigenvalue weighted by atomic mass is 9.93. The molecule has 2 aromatic rings. The highest BCUT2D eigenvalue weighted by molar-refractivity contribution is 5.91. The molecule has 0 aromatic heterocycles. The van der Waals surface area contributed by atoms with E-state index in [4.69, 9.17) is 4.74 Å². The number of aryl methyl sites for hydroxylation is 1. The third kappa shape index (κ3) is 5.17. The third-order valence-corrected chi connectivity index (χ3v) is 5.79. The molecule has 0 spiro atoms. The first-order valence-electron chi connectivity index (χ1n) is 10.6. The Morgan fingerprint density at radius 2 is 1.83 bits per heavy atom. The van der Waals surface area contributed by atoms with Crippen molar-refractivity contribution in [2.45, 2.75) is 65.8 Å². The number of ether oxygens (including phenoxy) is 1. The van der Waals surface area contributed by atoms with Crippen LogP contribution in [0, 0.1) is 12.3 Å². The maximum absolute atomic E-state index is 13.2. The SMILES string of the molecule is Cc1ccc2cc([C@H](C)C(=O)N3CCC[C@H]3C(=O)OCCC(C)(C)C)ccc2c1. The number of hydrogen-bond acceptors (Lipinski definition) is 3. The molecular weight excluding hydrogens is 362 g/mol. The van der Waals surface area contributed by atoms with Gasteiger partial charge in [0, 0.05) is 6.54 Å². The third-order valence-electron chi connectivity index (χ3n) is 5.79. The zero-order chi connectivity index (χ0) is 21.2. The predicted molar refractivity (Wildman–Crippen MR) is 117 cm³/mol. The van der Waals surface area contributed by atoms with Crippen molar-refractivity contribution >= 4 is 22.6 Å². The summed E-state index contributed by atoms with van der Waals surface area (Å²) in [5, 5.41) is 2.31. The molecule has 0 aliphatic carbocycles. The summed E-state index contributed by atoms with van der Waals surface area (Å²) < 4.78 is 5.50. The molecule has 0 bridgehead atoms. The number of esters is 1. The molecule has 4 nitrogen and oxygen atoms in total. The molecule has 1 amide bonds. The minimum Gasteiger partial charge on any atom is -0.464 e. The van der Waals surface area contributed by atoms with E-state index >= 15 is 0 Å². The summed E-state index contributed by atoms with van der Waals surface area (Å²) in [7, 11) is 0. The lowest BCUT2D eigenvalue weighted by Crippen LogP contribution is -2.43. The van der Waals surface area contributed by atoms with Gasteiger partial charge in [0.2, 0.25) is 5.91 Å². The zero-order valence-electron chi connectivity index (χ0n) is 18.3. The fourth-order valence-electron chi connectivity index (χ4n) is 3.87. The van der Waals surface area contributed by atoms with Crippen molar-refractivity contribution in [3.05, 3.63) is 47.5 Å². The number of carbonyl (C=O) groups excluding carboxylic acids is 2. The van der Waals surface area contributed by atoms with E-state index < -0.39 is 6.04 Å². The largest absolute Gasteiger partial charge is 0.464 e. The highest BCUT2D eigenvalue weighted by Crippen LogP contribution is 2.28. The van der Waals surface area contributed by atoms with Gasteiger partial charge < -0.3 is 9.64 Å². The van der Waals surface area contributed by atoms with Gasteiger partial charge in [-0.1, -0.05) is 62.7 Å². The van der Waals surface area contributed by atoms with Crippen LogP contribution in [0.2, 0.25) is 0 Å². The molecular formula is C25H33NO3. The van der Waals surface area contributed by atoms with Gasteiger partial charge in [-0.2, -0.15) is 0 Å². The van der Waals surface area contributed by atoms with Gasteiger partial charge in [-0.25, -0.2) is 4.79 Å². The number of carbonyl (C=O) groups is 2. The number of benzene rings is 2.